The number of nitrogens with zero attached hydrogens (tertiary/aromatic N) is 2. The van der Waals surface area contributed by atoms with Crippen LogP contribution in [-0.4, -0.2) is 45.6 Å². The van der Waals surface area contributed by atoms with Crippen LogP contribution in [0, 0.1) is 11.3 Å². The van der Waals surface area contributed by atoms with Gasteiger partial charge in [0.15, 0.2) is 11.5 Å². The largest absolute Gasteiger partial charge is 0.495 e. The maximum atomic E-state index is 13.2. The van der Waals surface area contributed by atoms with E-state index >= 15 is 0 Å². The topological polar surface area (TPSA) is 118 Å². The van der Waals surface area contributed by atoms with Crippen molar-refractivity contribution in [3.05, 3.63) is 41.5 Å². The first-order valence-corrected chi connectivity index (χ1v) is 11.2. The molecule has 1 N–H and O–H groups in total. The van der Waals surface area contributed by atoms with Crippen LogP contribution in [-0.2, 0) is 10.0 Å². The summed E-state index contributed by atoms with van der Waals surface area (Å²) in [4.78, 5) is 12.8. The molecule has 2 aromatic rings. The number of carbonyl (C=O) groups is 1. The molecule has 162 valence electrons. The average molecular weight is 443 g/mol. The smallest absolute Gasteiger partial charge is 0.255 e. The molecule has 10 heteroatoms. The van der Waals surface area contributed by atoms with Crippen LogP contribution in [0.5, 0.6) is 17.2 Å². The molecule has 9 nitrogen and oxygen atoms in total. The van der Waals surface area contributed by atoms with E-state index in [0.29, 0.717) is 24.6 Å². The van der Waals surface area contributed by atoms with E-state index in [0.717, 1.165) is 19.3 Å². The quantitative estimate of drug-likeness (QED) is 0.755. The Kier molecular flexibility index (Phi) is 5.71. The Morgan fingerprint density at radius 1 is 1.13 bits per heavy atom. The van der Waals surface area contributed by atoms with Gasteiger partial charge in [0.1, 0.15) is 16.7 Å². The average Bonchev–Trinajstić information content (AvgIpc) is 3.25. The minimum atomic E-state index is -3.82. The second-order valence-electron chi connectivity index (χ2n) is 7.15. The second-order valence-corrected chi connectivity index (χ2v) is 9.05. The third kappa shape index (κ3) is 4.02. The van der Waals surface area contributed by atoms with Crippen molar-refractivity contribution in [3.8, 4) is 23.3 Å². The molecule has 2 aliphatic rings. The molecule has 0 radical (unpaired) electrons. The summed E-state index contributed by atoms with van der Waals surface area (Å²) in [6.45, 7) is 0.906. The highest BCUT2D eigenvalue weighted by molar-refractivity contribution is 7.89. The highest BCUT2D eigenvalue weighted by Crippen LogP contribution is 2.37. The monoisotopic (exact) mass is 443 g/mol. The molecule has 1 saturated heterocycles. The van der Waals surface area contributed by atoms with Crippen LogP contribution in [0.1, 0.15) is 35.2 Å². The van der Waals surface area contributed by atoms with E-state index in [-0.39, 0.29) is 34.3 Å². The molecular formula is C21H21N3O6S. The lowest BCUT2D eigenvalue weighted by atomic mass is 10.1. The van der Waals surface area contributed by atoms with Crippen LogP contribution in [0.15, 0.2) is 35.2 Å². The van der Waals surface area contributed by atoms with Crippen LogP contribution in [0.25, 0.3) is 0 Å². The number of fused-ring (bicyclic) bond motifs is 1. The van der Waals surface area contributed by atoms with Crippen molar-refractivity contribution >= 4 is 21.6 Å². The lowest BCUT2D eigenvalue weighted by Crippen LogP contribution is -2.35. The molecule has 0 bridgehead atoms. The molecule has 0 aromatic heterocycles. The molecule has 0 atom stereocenters. The van der Waals surface area contributed by atoms with Gasteiger partial charge in [-0.2, -0.15) is 9.57 Å². The van der Waals surface area contributed by atoms with E-state index in [1.807, 2.05) is 6.07 Å². The van der Waals surface area contributed by atoms with E-state index in [4.69, 9.17) is 14.2 Å². The first-order valence-electron chi connectivity index (χ1n) is 9.77. The van der Waals surface area contributed by atoms with Gasteiger partial charge >= 0.3 is 0 Å². The number of benzene rings is 2. The number of ether oxygens (including phenoxy) is 3. The fourth-order valence-electron chi connectivity index (χ4n) is 3.60. The Morgan fingerprint density at radius 2 is 1.84 bits per heavy atom. The molecular weight excluding hydrogens is 422 g/mol. The number of amides is 1. The Morgan fingerprint density at radius 3 is 2.52 bits per heavy atom. The highest BCUT2D eigenvalue weighted by atomic mass is 32.2. The van der Waals surface area contributed by atoms with Crippen molar-refractivity contribution in [3.63, 3.8) is 0 Å². The minimum Gasteiger partial charge on any atom is -0.495 e. The third-order valence-corrected chi connectivity index (χ3v) is 7.16. The first-order chi connectivity index (χ1) is 14.9. The lowest BCUT2D eigenvalue weighted by molar-refractivity contribution is 0.102. The predicted octanol–water partition coefficient (Wildman–Crippen LogP) is 2.72. The number of nitriles is 1. The zero-order valence-electron chi connectivity index (χ0n) is 16.9. The van der Waals surface area contributed by atoms with Crippen molar-refractivity contribution in [1.29, 1.82) is 5.26 Å². The van der Waals surface area contributed by atoms with E-state index in [1.54, 1.807) is 0 Å². The molecule has 0 aliphatic carbocycles. The van der Waals surface area contributed by atoms with Crippen LogP contribution >= 0.6 is 0 Å². The summed E-state index contributed by atoms with van der Waals surface area (Å²) in [5, 5.41) is 12.1. The van der Waals surface area contributed by atoms with Crippen molar-refractivity contribution in [2.24, 2.45) is 0 Å². The molecule has 2 aliphatic heterocycles. The molecule has 0 spiro atoms. The van der Waals surface area contributed by atoms with Crippen LogP contribution < -0.4 is 19.5 Å². The second kappa shape index (κ2) is 8.45. The van der Waals surface area contributed by atoms with Gasteiger partial charge in [-0.25, -0.2) is 8.42 Å². The molecule has 31 heavy (non-hydrogen) atoms. The summed E-state index contributed by atoms with van der Waals surface area (Å²) in [6, 6.07) is 9.23. The zero-order chi connectivity index (χ0) is 22.0. The molecule has 0 saturated carbocycles. The Balaban J connectivity index is 1.66. The molecule has 1 fully saturated rings. The summed E-state index contributed by atoms with van der Waals surface area (Å²) in [5.74, 6) is 0.447. The van der Waals surface area contributed by atoms with Gasteiger partial charge < -0.3 is 19.5 Å². The van der Waals surface area contributed by atoms with Crippen LogP contribution in [0.4, 0.5) is 5.69 Å². The molecule has 0 unspecified atom stereocenters. The number of nitrogens with one attached hydrogen (secondary N) is 1. The van der Waals surface area contributed by atoms with Gasteiger partial charge in [0.25, 0.3) is 5.91 Å². The van der Waals surface area contributed by atoms with E-state index in [9.17, 15) is 18.5 Å². The molecule has 2 aromatic carbocycles. The number of rotatable bonds is 5. The van der Waals surface area contributed by atoms with Crippen molar-refractivity contribution in [1.82, 2.24) is 4.31 Å². The number of piperidine rings is 1. The van der Waals surface area contributed by atoms with Gasteiger partial charge in [-0.1, -0.05) is 6.42 Å². The van der Waals surface area contributed by atoms with Gasteiger partial charge in [0, 0.05) is 30.8 Å². The highest BCUT2D eigenvalue weighted by Gasteiger charge is 2.30. The first kappa shape index (κ1) is 21.0. The number of hydrogen-bond acceptors (Lipinski definition) is 7. The summed E-state index contributed by atoms with van der Waals surface area (Å²) in [6.07, 6.45) is 2.58. The SMILES string of the molecule is COc1ccc(C(=O)Nc2cc3c(cc2C#N)OCO3)cc1S(=O)(=O)N1CCCCC1. The van der Waals surface area contributed by atoms with Gasteiger partial charge in [-0.05, 0) is 31.0 Å². The summed E-state index contributed by atoms with van der Waals surface area (Å²) in [5.41, 5.74) is 0.568. The number of hydrogen-bond donors (Lipinski definition) is 1. The standard InChI is InChI=1S/C21H21N3O6S/c1-28-17-6-5-14(10-20(17)31(26,27)24-7-3-2-4-8-24)21(25)23-16-11-19-18(29-13-30-19)9-15(16)12-22/h5-6,9-11H,2-4,7-8,13H2,1H3,(H,23,25). The Labute approximate surface area is 180 Å². The summed E-state index contributed by atoms with van der Waals surface area (Å²) < 4.78 is 43.6. The minimum absolute atomic E-state index is 0.0355. The van der Waals surface area contributed by atoms with Crippen molar-refractivity contribution < 1.29 is 27.4 Å². The molecule has 1 amide bonds. The van der Waals surface area contributed by atoms with Crippen LogP contribution in [0.2, 0.25) is 0 Å². The molecule has 4 rings (SSSR count). The molecule has 2 heterocycles. The number of carbonyl (C=O) groups excluding carboxylic acids is 1. The van der Waals surface area contributed by atoms with Gasteiger partial charge in [-0.3, -0.25) is 4.79 Å². The van der Waals surface area contributed by atoms with Gasteiger partial charge in [0.05, 0.1) is 18.4 Å². The Hall–Kier alpha value is -3.29. The summed E-state index contributed by atoms with van der Waals surface area (Å²) in [7, 11) is -2.43. The van der Waals surface area contributed by atoms with E-state index < -0.39 is 15.9 Å². The van der Waals surface area contributed by atoms with Gasteiger partial charge in [0.2, 0.25) is 16.8 Å². The van der Waals surface area contributed by atoms with E-state index in [2.05, 4.69) is 5.32 Å². The third-order valence-electron chi connectivity index (χ3n) is 5.24. The van der Waals surface area contributed by atoms with Crippen LogP contribution in [0.3, 0.4) is 0 Å². The lowest BCUT2D eigenvalue weighted by Gasteiger charge is -2.26. The maximum Gasteiger partial charge on any atom is 0.255 e. The fraction of sp³-hybridized carbons (Fsp3) is 0.333. The Bertz CT molecular complexity index is 1170. The maximum absolute atomic E-state index is 13.2. The fourth-order valence-corrected chi connectivity index (χ4v) is 5.29. The van der Waals surface area contributed by atoms with Gasteiger partial charge in [-0.15, -0.1) is 0 Å². The van der Waals surface area contributed by atoms with E-state index in [1.165, 1.54) is 41.7 Å². The summed E-state index contributed by atoms with van der Waals surface area (Å²) >= 11 is 0. The normalized spacial score (nSPS) is 15.9. The number of sulfonamides is 1. The van der Waals surface area contributed by atoms with Crippen molar-refractivity contribution in [2.75, 3.05) is 32.3 Å². The van der Waals surface area contributed by atoms with Crippen molar-refractivity contribution in [2.45, 2.75) is 24.2 Å². The number of anilines is 1. The zero-order valence-corrected chi connectivity index (χ0v) is 17.7. The number of methoxy groups -OCH3 is 1. The predicted molar refractivity (Wildman–Crippen MR) is 111 cm³/mol.